The normalized spacial score (nSPS) is 11.2. The maximum Gasteiger partial charge on any atom is 0.544 e. The highest BCUT2D eigenvalue weighted by atomic mass is 79.9. The van der Waals surface area contributed by atoms with Gasteiger partial charge in [0.1, 0.15) is 4.60 Å². The lowest BCUT2D eigenvalue weighted by molar-refractivity contribution is -0.326. The first kappa shape index (κ1) is 12.7. The summed E-state index contributed by atoms with van der Waals surface area (Å²) in [5.41, 5.74) is -0.354. The SMILES string of the molecule is O=C(O)N(OC(F)(F)F)c1ccc(Br)nc1. The van der Waals surface area contributed by atoms with E-state index in [9.17, 15) is 18.0 Å². The highest BCUT2D eigenvalue weighted by Crippen LogP contribution is 2.24. The number of aromatic nitrogens is 1. The van der Waals surface area contributed by atoms with E-state index in [0.717, 1.165) is 12.3 Å². The molecule has 1 amide bonds. The number of carbonyl (C=O) groups is 1. The number of nitrogens with zero attached hydrogens (tertiary/aromatic N) is 2. The van der Waals surface area contributed by atoms with Crippen LogP contribution in [0.2, 0.25) is 0 Å². The van der Waals surface area contributed by atoms with Crippen LogP contribution >= 0.6 is 15.9 Å². The first-order chi connectivity index (χ1) is 7.29. The van der Waals surface area contributed by atoms with Gasteiger partial charge >= 0.3 is 12.5 Å². The maximum atomic E-state index is 11.9. The number of hydroxylamine groups is 1. The lowest BCUT2D eigenvalue weighted by Gasteiger charge is -2.18. The van der Waals surface area contributed by atoms with Crippen LogP contribution in [-0.4, -0.2) is 22.5 Å². The van der Waals surface area contributed by atoms with E-state index in [1.54, 1.807) is 0 Å². The topological polar surface area (TPSA) is 62.7 Å². The van der Waals surface area contributed by atoms with Crippen molar-refractivity contribution in [2.75, 3.05) is 5.06 Å². The summed E-state index contributed by atoms with van der Waals surface area (Å²) in [7, 11) is 0. The number of hydrogen-bond donors (Lipinski definition) is 1. The fraction of sp³-hybridized carbons (Fsp3) is 0.143. The van der Waals surface area contributed by atoms with Crippen molar-refractivity contribution < 1.29 is 27.9 Å². The molecule has 1 aromatic rings. The Morgan fingerprint density at radius 1 is 1.50 bits per heavy atom. The Morgan fingerprint density at radius 3 is 2.50 bits per heavy atom. The number of alkyl halides is 3. The summed E-state index contributed by atoms with van der Waals surface area (Å²) in [6.45, 7) is 0. The number of pyridine rings is 1. The van der Waals surface area contributed by atoms with Gasteiger partial charge in [-0.05, 0) is 28.1 Å². The maximum absolute atomic E-state index is 11.9. The molecule has 0 unspecified atom stereocenters. The molecule has 0 saturated heterocycles. The molecular weight excluding hydrogens is 297 g/mol. The van der Waals surface area contributed by atoms with Crippen LogP contribution in [0.25, 0.3) is 0 Å². The van der Waals surface area contributed by atoms with Gasteiger partial charge < -0.3 is 5.11 Å². The summed E-state index contributed by atoms with van der Waals surface area (Å²) < 4.78 is 36.0. The van der Waals surface area contributed by atoms with Crippen LogP contribution in [0.4, 0.5) is 23.7 Å². The van der Waals surface area contributed by atoms with E-state index >= 15 is 0 Å². The first-order valence-electron chi connectivity index (χ1n) is 3.70. The fourth-order valence-corrected chi connectivity index (χ4v) is 1.03. The monoisotopic (exact) mass is 300 g/mol. The second kappa shape index (κ2) is 4.66. The van der Waals surface area contributed by atoms with Gasteiger partial charge in [-0.2, -0.15) is 4.84 Å². The van der Waals surface area contributed by atoms with Gasteiger partial charge in [-0.1, -0.05) is 0 Å². The van der Waals surface area contributed by atoms with Crippen LogP contribution in [0.1, 0.15) is 0 Å². The Hall–Kier alpha value is -1.35. The Kier molecular flexibility index (Phi) is 3.70. The predicted octanol–water partition coefficient (Wildman–Crippen LogP) is 2.78. The van der Waals surface area contributed by atoms with E-state index in [1.807, 2.05) is 0 Å². The van der Waals surface area contributed by atoms with Crippen molar-refractivity contribution in [3.8, 4) is 0 Å². The second-order valence-corrected chi connectivity index (χ2v) is 3.27. The van der Waals surface area contributed by atoms with Crippen molar-refractivity contribution in [2.24, 2.45) is 0 Å². The highest BCUT2D eigenvalue weighted by Gasteiger charge is 2.36. The molecule has 0 aromatic carbocycles. The number of halogens is 4. The van der Waals surface area contributed by atoms with E-state index < -0.39 is 12.5 Å². The van der Waals surface area contributed by atoms with Crippen molar-refractivity contribution in [1.29, 1.82) is 0 Å². The number of rotatable bonds is 2. The third-order valence-electron chi connectivity index (χ3n) is 1.31. The van der Waals surface area contributed by atoms with Crippen molar-refractivity contribution in [3.05, 3.63) is 22.9 Å². The molecule has 0 radical (unpaired) electrons. The van der Waals surface area contributed by atoms with Gasteiger partial charge in [0.15, 0.2) is 0 Å². The van der Waals surface area contributed by atoms with E-state index in [4.69, 9.17) is 5.11 Å². The molecule has 1 aromatic heterocycles. The van der Waals surface area contributed by atoms with Crippen molar-refractivity contribution >= 4 is 27.7 Å². The van der Waals surface area contributed by atoms with Gasteiger partial charge in [-0.3, -0.25) is 0 Å². The molecule has 1 heterocycles. The van der Waals surface area contributed by atoms with E-state index in [2.05, 4.69) is 25.8 Å². The second-order valence-electron chi connectivity index (χ2n) is 2.45. The number of carboxylic acid groups (broad SMARTS) is 1. The van der Waals surface area contributed by atoms with Crippen LogP contribution in [0, 0.1) is 0 Å². The molecule has 5 nitrogen and oxygen atoms in total. The summed E-state index contributed by atoms with van der Waals surface area (Å²) in [5.74, 6) is 0. The Balaban J connectivity index is 2.94. The van der Waals surface area contributed by atoms with Gasteiger partial charge in [-0.15, -0.1) is 18.2 Å². The molecule has 0 saturated carbocycles. The third-order valence-corrected chi connectivity index (χ3v) is 1.78. The smallest absolute Gasteiger partial charge is 0.463 e. The zero-order chi connectivity index (χ0) is 12.3. The lowest BCUT2D eigenvalue weighted by atomic mass is 10.4. The largest absolute Gasteiger partial charge is 0.544 e. The highest BCUT2D eigenvalue weighted by molar-refractivity contribution is 9.10. The van der Waals surface area contributed by atoms with Gasteiger partial charge in [0, 0.05) is 0 Å². The molecule has 0 aliphatic heterocycles. The van der Waals surface area contributed by atoms with E-state index in [1.165, 1.54) is 6.07 Å². The molecule has 0 spiro atoms. The minimum atomic E-state index is -5.09. The summed E-state index contributed by atoms with van der Waals surface area (Å²) in [6, 6.07) is 2.39. The molecule has 88 valence electrons. The van der Waals surface area contributed by atoms with E-state index in [-0.39, 0.29) is 10.8 Å². The van der Waals surface area contributed by atoms with Gasteiger partial charge in [-0.25, -0.2) is 9.78 Å². The van der Waals surface area contributed by atoms with Gasteiger partial charge in [0.05, 0.1) is 11.9 Å². The van der Waals surface area contributed by atoms with Crippen LogP contribution in [-0.2, 0) is 4.84 Å². The molecule has 1 N–H and O–H groups in total. The molecule has 9 heteroatoms. The molecule has 0 aliphatic rings. The van der Waals surface area contributed by atoms with Gasteiger partial charge in [0.25, 0.3) is 0 Å². The van der Waals surface area contributed by atoms with Crippen LogP contribution in [0.5, 0.6) is 0 Å². The van der Waals surface area contributed by atoms with Crippen molar-refractivity contribution in [3.63, 3.8) is 0 Å². The molecular formula is C7H4BrF3N2O3. The fourth-order valence-electron chi connectivity index (χ4n) is 0.794. The number of hydrogen-bond acceptors (Lipinski definition) is 3. The summed E-state index contributed by atoms with van der Waals surface area (Å²) in [6.07, 6.45) is -6.07. The molecule has 16 heavy (non-hydrogen) atoms. The van der Waals surface area contributed by atoms with Crippen LogP contribution in [0.15, 0.2) is 22.9 Å². The quantitative estimate of drug-likeness (QED) is 0.674. The minimum Gasteiger partial charge on any atom is -0.463 e. The predicted molar refractivity (Wildman–Crippen MR) is 49.6 cm³/mol. The molecule has 0 fully saturated rings. The zero-order valence-corrected chi connectivity index (χ0v) is 8.99. The third kappa shape index (κ3) is 3.66. The van der Waals surface area contributed by atoms with E-state index in [0.29, 0.717) is 4.60 Å². The number of amides is 1. The number of anilines is 1. The summed E-state index contributed by atoms with van der Waals surface area (Å²) in [4.78, 5) is 17.4. The molecule has 0 aliphatic carbocycles. The summed E-state index contributed by atoms with van der Waals surface area (Å²) >= 11 is 2.95. The average molecular weight is 301 g/mol. The van der Waals surface area contributed by atoms with Crippen LogP contribution < -0.4 is 5.06 Å². The molecule has 0 bridgehead atoms. The molecule has 0 atom stereocenters. The first-order valence-corrected chi connectivity index (χ1v) is 4.49. The van der Waals surface area contributed by atoms with Crippen molar-refractivity contribution in [1.82, 2.24) is 4.98 Å². The Morgan fingerprint density at radius 2 is 2.12 bits per heavy atom. The molecule has 1 rings (SSSR count). The summed E-state index contributed by atoms with van der Waals surface area (Å²) in [5, 5.41) is 8.20. The van der Waals surface area contributed by atoms with Crippen LogP contribution in [0.3, 0.4) is 0 Å². The minimum absolute atomic E-state index is 0.320. The lowest BCUT2D eigenvalue weighted by Crippen LogP contribution is -2.35. The Labute approximate surface area is 95.5 Å². The Bertz CT molecular complexity index is 381. The van der Waals surface area contributed by atoms with Crippen molar-refractivity contribution in [2.45, 2.75) is 6.36 Å². The zero-order valence-electron chi connectivity index (χ0n) is 7.40. The average Bonchev–Trinajstić information content (AvgIpc) is 2.14. The van der Waals surface area contributed by atoms with Gasteiger partial charge in [0.2, 0.25) is 0 Å². The standard InChI is InChI=1S/C7H4BrF3N2O3/c8-5-2-1-4(3-12-5)13(6(14)15)16-7(9,10)11/h1-3H,(H,14,15).